The van der Waals surface area contributed by atoms with Gasteiger partial charge in [0.15, 0.2) is 24.8 Å². The van der Waals surface area contributed by atoms with Crippen molar-refractivity contribution in [2.45, 2.75) is 31.3 Å². The molecular weight excluding hydrogens is 340 g/mol. The number of halogens is 1. The number of aromatic nitrogens is 3. The lowest BCUT2D eigenvalue weighted by Gasteiger charge is -2.18. The molecule has 0 atom stereocenters. The maximum atomic E-state index is 4.34. The van der Waals surface area contributed by atoms with Crippen molar-refractivity contribution < 1.29 is 17.0 Å². The number of fused-ring (bicyclic) bond motifs is 2. The minimum absolute atomic E-state index is 0. The summed E-state index contributed by atoms with van der Waals surface area (Å²) in [4.78, 5) is 9.86. The van der Waals surface area contributed by atoms with E-state index in [4.69, 9.17) is 0 Å². The van der Waals surface area contributed by atoms with Crippen LogP contribution in [0.5, 0.6) is 0 Å². The molecule has 6 heteroatoms. The molecule has 126 valence electrons. The summed E-state index contributed by atoms with van der Waals surface area (Å²) >= 11 is 1.65. The van der Waals surface area contributed by atoms with Crippen LogP contribution in [0.2, 0.25) is 0 Å². The summed E-state index contributed by atoms with van der Waals surface area (Å²) in [5.41, 5.74) is 2.35. The number of nitrogens with one attached hydrogen (secondary N) is 1. The fourth-order valence-electron chi connectivity index (χ4n) is 2.33. The van der Waals surface area contributed by atoms with Gasteiger partial charge in [-0.05, 0) is 12.1 Å². The van der Waals surface area contributed by atoms with E-state index in [1.165, 1.54) is 10.5 Å². The summed E-state index contributed by atoms with van der Waals surface area (Å²) in [6, 6.07) is 12.6. The lowest BCUT2D eigenvalue weighted by Crippen LogP contribution is -3.00. The van der Waals surface area contributed by atoms with Gasteiger partial charge in [-0.3, -0.25) is 0 Å². The third-order valence-corrected chi connectivity index (χ3v) is 4.38. The van der Waals surface area contributed by atoms with E-state index in [9.17, 15) is 0 Å². The molecule has 24 heavy (non-hydrogen) atoms. The van der Waals surface area contributed by atoms with Crippen molar-refractivity contribution in [3.05, 3.63) is 66.7 Å². The van der Waals surface area contributed by atoms with Crippen LogP contribution in [0.15, 0.2) is 71.1 Å². The molecule has 1 N–H and O–H groups in total. The van der Waals surface area contributed by atoms with E-state index in [1.54, 1.807) is 24.2 Å². The molecule has 2 aromatic heterocycles. The topological polar surface area (TPSA) is 41.7 Å². The van der Waals surface area contributed by atoms with Gasteiger partial charge in [0.25, 0.3) is 0 Å². The van der Waals surface area contributed by atoms with Gasteiger partial charge in [-0.2, -0.15) is 0 Å². The smallest absolute Gasteiger partial charge is 0.173 e. The Kier molecular flexibility index (Phi) is 7.19. The van der Waals surface area contributed by atoms with Crippen molar-refractivity contribution in [3.8, 4) is 0 Å². The van der Waals surface area contributed by atoms with Crippen LogP contribution in [0, 0.1) is 0 Å². The molecule has 0 radical (unpaired) electrons. The van der Waals surface area contributed by atoms with Gasteiger partial charge < -0.3 is 17.7 Å². The Morgan fingerprint density at radius 1 is 1.00 bits per heavy atom. The van der Waals surface area contributed by atoms with Crippen molar-refractivity contribution in [2.24, 2.45) is 0 Å². The number of hydrogen-bond acceptors (Lipinski definition) is 4. The molecule has 0 fully saturated rings. The molecule has 0 saturated carbocycles. The minimum atomic E-state index is 0. The van der Waals surface area contributed by atoms with E-state index in [2.05, 4.69) is 50.4 Å². The predicted octanol–water partition coefficient (Wildman–Crippen LogP) is 1.30. The normalized spacial score (nSPS) is 10.7. The van der Waals surface area contributed by atoms with E-state index in [0.29, 0.717) is 0 Å². The number of pyridine rings is 1. The van der Waals surface area contributed by atoms with Crippen LogP contribution in [-0.4, -0.2) is 9.97 Å². The molecule has 3 heterocycles. The molecule has 0 unspecified atom stereocenters. The zero-order chi connectivity index (χ0) is 14.1. The number of rotatable bonds is 2. The van der Waals surface area contributed by atoms with Crippen molar-refractivity contribution >= 4 is 23.3 Å². The zero-order valence-corrected chi connectivity index (χ0v) is 13.2. The Bertz CT molecular complexity index is 796. The lowest BCUT2D eigenvalue weighted by atomic mass is 10.2. The van der Waals surface area contributed by atoms with E-state index < -0.39 is 0 Å². The van der Waals surface area contributed by atoms with Gasteiger partial charge in [0.1, 0.15) is 5.03 Å². The van der Waals surface area contributed by atoms with E-state index in [-0.39, 0.29) is 27.3 Å². The van der Waals surface area contributed by atoms with Crippen LogP contribution in [0.3, 0.4) is 0 Å². The van der Waals surface area contributed by atoms with Crippen LogP contribution in [-0.2, 0) is 6.54 Å². The fraction of sp³-hybridized carbons (Fsp3) is 0.167. The molecule has 3 aromatic rings. The maximum absolute atomic E-state index is 4.34. The van der Waals surface area contributed by atoms with Crippen LogP contribution >= 0.6 is 11.8 Å². The molecule has 1 aromatic carbocycles. The highest BCUT2D eigenvalue weighted by molar-refractivity contribution is 7.99. The van der Waals surface area contributed by atoms with Crippen molar-refractivity contribution in [1.82, 2.24) is 9.97 Å². The molecule has 0 spiro atoms. The molecular formula is C18H21ClN4S. The Labute approximate surface area is 153 Å². The minimum Gasteiger partial charge on any atom is -1.00 e. The van der Waals surface area contributed by atoms with Gasteiger partial charge >= 0.3 is 0 Å². The van der Waals surface area contributed by atoms with Gasteiger partial charge in [-0.15, -0.1) is 0 Å². The van der Waals surface area contributed by atoms with E-state index in [1.807, 2.05) is 18.2 Å². The van der Waals surface area contributed by atoms with Crippen molar-refractivity contribution in [2.75, 3.05) is 5.32 Å². The monoisotopic (exact) mass is 360 g/mol. The standard InChI is InChI=1S/C16H13N4S.2CH4.ClH/c1-2-8-20(9-3-1)11-12-4-5-14-13(10-12)19-15-16(21-14)18-7-6-17-15;;;/h1-10H,11H2,(H,17,19);2*1H4;1H/q+1;;;/p-1. The summed E-state index contributed by atoms with van der Waals surface area (Å²) in [6.45, 7) is 0.855. The van der Waals surface area contributed by atoms with Gasteiger partial charge in [-0.25, -0.2) is 14.5 Å². The average Bonchev–Trinajstić information content (AvgIpc) is 2.54. The first-order valence-electron chi connectivity index (χ1n) is 6.71. The van der Waals surface area contributed by atoms with Crippen LogP contribution in [0.4, 0.5) is 11.5 Å². The maximum Gasteiger partial charge on any atom is 0.173 e. The number of hydrogen-bond donors (Lipinski definition) is 1. The van der Waals surface area contributed by atoms with Gasteiger partial charge in [0.05, 0.1) is 5.69 Å². The molecule has 1 aliphatic rings. The van der Waals surface area contributed by atoms with Crippen molar-refractivity contribution in [3.63, 3.8) is 0 Å². The summed E-state index contributed by atoms with van der Waals surface area (Å²) in [7, 11) is 0. The highest BCUT2D eigenvalue weighted by Gasteiger charge is 2.18. The molecule has 1 aliphatic heterocycles. The van der Waals surface area contributed by atoms with Gasteiger partial charge in [0, 0.05) is 35.0 Å². The highest BCUT2D eigenvalue weighted by atomic mass is 35.5. The molecule has 0 saturated heterocycles. The number of anilines is 2. The molecule has 0 amide bonds. The third kappa shape index (κ3) is 4.04. The SMILES string of the molecule is C.C.[Cl-].c1cc[n+](Cc2ccc3c(c2)Nc2nccnc2S3)cc1. The Morgan fingerprint density at radius 3 is 2.54 bits per heavy atom. The summed E-state index contributed by atoms with van der Waals surface area (Å²) in [6.07, 6.45) is 7.57. The number of nitrogens with zero attached hydrogens (tertiary/aromatic N) is 3. The van der Waals surface area contributed by atoms with Crippen LogP contribution < -0.4 is 22.3 Å². The fourth-order valence-corrected chi connectivity index (χ4v) is 3.21. The number of benzene rings is 1. The lowest BCUT2D eigenvalue weighted by molar-refractivity contribution is -0.688. The van der Waals surface area contributed by atoms with Crippen LogP contribution in [0.1, 0.15) is 20.4 Å². The Morgan fingerprint density at radius 2 is 1.75 bits per heavy atom. The zero-order valence-electron chi connectivity index (χ0n) is 11.6. The second-order valence-corrected chi connectivity index (χ2v) is 5.85. The summed E-state index contributed by atoms with van der Waals surface area (Å²) in [5.74, 6) is 0.833. The van der Waals surface area contributed by atoms with Gasteiger partial charge in [-0.1, -0.05) is 38.7 Å². The molecule has 4 rings (SSSR count). The second kappa shape index (κ2) is 8.66. The van der Waals surface area contributed by atoms with Crippen molar-refractivity contribution in [1.29, 1.82) is 0 Å². The Hall–Kier alpha value is -2.11. The largest absolute Gasteiger partial charge is 1.00 e. The molecule has 0 aliphatic carbocycles. The molecule has 0 bridgehead atoms. The van der Waals surface area contributed by atoms with E-state index >= 15 is 0 Å². The highest BCUT2D eigenvalue weighted by Crippen LogP contribution is 2.41. The first-order chi connectivity index (χ1) is 10.4. The van der Waals surface area contributed by atoms with Gasteiger partial charge in [0.2, 0.25) is 0 Å². The average molecular weight is 361 g/mol. The van der Waals surface area contributed by atoms with E-state index in [0.717, 1.165) is 23.1 Å². The first kappa shape index (κ1) is 19.9. The quantitative estimate of drug-likeness (QED) is 0.547. The Balaban J connectivity index is 0.000000960. The summed E-state index contributed by atoms with van der Waals surface area (Å²) < 4.78 is 2.16. The first-order valence-corrected chi connectivity index (χ1v) is 7.53. The second-order valence-electron chi connectivity index (χ2n) is 4.82. The van der Waals surface area contributed by atoms with Crippen LogP contribution in [0.25, 0.3) is 0 Å². The third-order valence-electron chi connectivity index (χ3n) is 3.31. The predicted molar refractivity (Wildman–Crippen MR) is 95.1 cm³/mol. The summed E-state index contributed by atoms with van der Waals surface area (Å²) in [5, 5.41) is 4.29. The molecule has 4 nitrogen and oxygen atoms in total.